The van der Waals surface area contributed by atoms with Gasteiger partial charge in [0.05, 0.1) is 6.61 Å². The van der Waals surface area contributed by atoms with Crippen LogP contribution in [0, 0.1) is 0 Å². The van der Waals surface area contributed by atoms with E-state index >= 15 is 0 Å². The number of anilines is 1. The Balaban J connectivity index is 1.62. The van der Waals surface area contributed by atoms with Gasteiger partial charge in [-0.1, -0.05) is 55.8 Å². The Labute approximate surface area is 154 Å². The van der Waals surface area contributed by atoms with Crippen molar-refractivity contribution in [1.82, 2.24) is 0 Å². The minimum atomic E-state index is -0.155. The number of hydrogen-bond donors (Lipinski definition) is 1. The van der Waals surface area contributed by atoms with E-state index in [1.807, 2.05) is 54.6 Å². The van der Waals surface area contributed by atoms with Gasteiger partial charge in [-0.05, 0) is 53.1 Å². The molecule has 0 heterocycles. The molecule has 0 saturated carbocycles. The molecule has 132 valence electrons. The molecular formula is C23H23NO2. The van der Waals surface area contributed by atoms with Crippen molar-refractivity contribution < 1.29 is 9.53 Å². The van der Waals surface area contributed by atoms with Gasteiger partial charge in [0.25, 0.3) is 0 Å². The monoisotopic (exact) mass is 345 g/mol. The number of hydrogen-bond acceptors (Lipinski definition) is 2. The summed E-state index contributed by atoms with van der Waals surface area (Å²) < 4.78 is 5.63. The van der Waals surface area contributed by atoms with Gasteiger partial charge in [0, 0.05) is 11.8 Å². The Hall–Kier alpha value is -3.07. The Kier molecular flexibility index (Phi) is 6.05. The lowest BCUT2D eigenvalue weighted by molar-refractivity contribution is -0.111. The van der Waals surface area contributed by atoms with E-state index in [0.29, 0.717) is 0 Å². The number of amides is 1. The normalized spacial score (nSPS) is 11.0. The molecule has 0 radical (unpaired) electrons. The minimum absolute atomic E-state index is 0.155. The second-order valence-electron chi connectivity index (χ2n) is 6.12. The van der Waals surface area contributed by atoms with Gasteiger partial charge in [0.1, 0.15) is 5.75 Å². The summed E-state index contributed by atoms with van der Waals surface area (Å²) in [4.78, 5) is 12.2. The van der Waals surface area contributed by atoms with Gasteiger partial charge in [-0.3, -0.25) is 4.79 Å². The van der Waals surface area contributed by atoms with Gasteiger partial charge in [0.15, 0.2) is 0 Å². The van der Waals surface area contributed by atoms with Gasteiger partial charge in [-0.2, -0.15) is 0 Å². The van der Waals surface area contributed by atoms with E-state index in [0.717, 1.165) is 47.2 Å². The largest absolute Gasteiger partial charge is 0.494 e. The van der Waals surface area contributed by atoms with Crippen molar-refractivity contribution in [3.05, 3.63) is 78.4 Å². The summed E-state index contributed by atoms with van der Waals surface area (Å²) in [7, 11) is 0. The predicted molar refractivity (Wildman–Crippen MR) is 108 cm³/mol. The van der Waals surface area contributed by atoms with Gasteiger partial charge >= 0.3 is 0 Å². The van der Waals surface area contributed by atoms with Crippen LogP contribution in [0.25, 0.3) is 16.8 Å². The molecule has 0 aliphatic heterocycles. The maximum Gasteiger partial charge on any atom is 0.248 e. The number of rotatable bonds is 7. The van der Waals surface area contributed by atoms with Crippen molar-refractivity contribution in [3.63, 3.8) is 0 Å². The van der Waals surface area contributed by atoms with Crippen LogP contribution < -0.4 is 10.1 Å². The van der Waals surface area contributed by atoms with Crippen molar-refractivity contribution in [2.45, 2.75) is 19.8 Å². The fourth-order valence-electron chi connectivity index (χ4n) is 2.71. The molecule has 0 aromatic heterocycles. The Morgan fingerprint density at radius 3 is 2.58 bits per heavy atom. The number of carbonyl (C=O) groups is 1. The SMILES string of the molecule is CCCCOc1ccc(NC(=O)C=Cc2cccc3ccccc23)cc1. The fraction of sp³-hybridized carbons (Fsp3) is 0.174. The summed E-state index contributed by atoms with van der Waals surface area (Å²) in [6.45, 7) is 2.85. The third-order valence-corrected chi connectivity index (χ3v) is 4.13. The molecule has 3 nitrogen and oxygen atoms in total. The number of carbonyl (C=O) groups excluding carboxylic acids is 1. The molecule has 1 amide bonds. The zero-order valence-electron chi connectivity index (χ0n) is 14.9. The Morgan fingerprint density at radius 2 is 1.77 bits per heavy atom. The highest BCUT2D eigenvalue weighted by Gasteiger charge is 2.01. The summed E-state index contributed by atoms with van der Waals surface area (Å²) in [5.41, 5.74) is 1.78. The average molecular weight is 345 g/mol. The van der Waals surface area contributed by atoms with Crippen molar-refractivity contribution in [1.29, 1.82) is 0 Å². The van der Waals surface area contributed by atoms with Crippen LogP contribution >= 0.6 is 0 Å². The topological polar surface area (TPSA) is 38.3 Å². The first-order valence-electron chi connectivity index (χ1n) is 8.96. The number of unbranched alkanes of at least 4 members (excludes halogenated alkanes) is 1. The molecule has 3 rings (SSSR count). The summed E-state index contributed by atoms with van der Waals surface area (Å²) in [5, 5.41) is 5.17. The van der Waals surface area contributed by atoms with E-state index in [2.05, 4.69) is 30.4 Å². The van der Waals surface area contributed by atoms with Crippen molar-refractivity contribution in [2.75, 3.05) is 11.9 Å². The van der Waals surface area contributed by atoms with E-state index in [4.69, 9.17) is 4.74 Å². The fourth-order valence-corrected chi connectivity index (χ4v) is 2.71. The van der Waals surface area contributed by atoms with Crippen LogP contribution in [0.15, 0.2) is 72.8 Å². The number of benzene rings is 3. The third kappa shape index (κ3) is 4.73. The molecule has 3 aromatic rings. The van der Waals surface area contributed by atoms with Crippen LogP contribution in [0.2, 0.25) is 0 Å². The first-order valence-corrected chi connectivity index (χ1v) is 8.96. The van der Waals surface area contributed by atoms with Crippen molar-refractivity contribution in [2.24, 2.45) is 0 Å². The van der Waals surface area contributed by atoms with E-state index in [1.165, 1.54) is 0 Å². The van der Waals surface area contributed by atoms with E-state index in [9.17, 15) is 4.79 Å². The molecule has 3 aromatic carbocycles. The van der Waals surface area contributed by atoms with E-state index in [1.54, 1.807) is 6.08 Å². The smallest absolute Gasteiger partial charge is 0.248 e. The van der Waals surface area contributed by atoms with Crippen LogP contribution in [-0.4, -0.2) is 12.5 Å². The Morgan fingerprint density at radius 1 is 1.00 bits per heavy atom. The van der Waals surface area contributed by atoms with Gasteiger partial charge in [-0.25, -0.2) is 0 Å². The van der Waals surface area contributed by atoms with Crippen molar-refractivity contribution in [3.8, 4) is 5.75 Å². The summed E-state index contributed by atoms with van der Waals surface area (Å²) in [6, 6.07) is 21.7. The molecule has 0 unspecified atom stereocenters. The molecule has 0 atom stereocenters. The molecule has 0 bridgehead atoms. The molecule has 3 heteroatoms. The quantitative estimate of drug-likeness (QED) is 0.442. The highest BCUT2D eigenvalue weighted by atomic mass is 16.5. The highest BCUT2D eigenvalue weighted by Crippen LogP contribution is 2.20. The molecule has 0 aliphatic rings. The van der Waals surface area contributed by atoms with Crippen LogP contribution in [0.5, 0.6) is 5.75 Å². The molecule has 1 N–H and O–H groups in total. The lowest BCUT2D eigenvalue weighted by Gasteiger charge is -2.07. The lowest BCUT2D eigenvalue weighted by Crippen LogP contribution is -2.07. The second-order valence-corrected chi connectivity index (χ2v) is 6.12. The zero-order chi connectivity index (χ0) is 18.2. The van der Waals surface area contributed by atoms with E-state index < -0.39 is 0 Å². The number of nitrogens with one attached hydrogen (secondary N) is 1. The molecule has 0 fully saturated rings. The predicted octanol–water partition coefficient (Wildman–Crippen LogP) is 5.67. The summed E-state index contributed by atoms with van der Waals surface area (Å²) in [6.07, 6.45) is 5.56. The molecule has 26 heavy (non-hydrogen) atoms. The first-order chi connectivity index (χ1) is 12.8. The molecular weight excluding hydrogens is 322 g/mol. The van der Waals surface area contributed by atoms with Crippen LogP contribution in [0.3, 0.4) is 0 Å². The van der Waals surface area contributed by atoms with E-state index in [-0.39, 0.29) is 5.91 Å². The maximum absolute atomic E-state index is 12.2. The van der Waals surface area contributed by atoms with Gasteiger partial charge in [0.2, 0.25) is 5.91 Å². The van der Waals surface area contributed by atoms with Crippen molar-refractivity contribution >= 4 is 28.4 Å². The standard InChI is InChI=1S/C23H23NO2/c1-2-3-17-26-21-14-12-20(13-15-21)24-23(25)16-11-19-9-6-8-18-7-4-5-10-22(18)19/h4-16H,2-3,17H2,1H3,(H,24,25). The molecule has 0 aliphatic carbocycles. The zero-order valence-corrected chi connectivity index (χ0v) is 14.9. The number of fused-ring (bicyclic) bond motifs is 1. The maximum atomic E-state index is 12.2. The summed E-state index contributed by atoms with van der Waals surface area (Å²) >= 11 is 0. The van der Waals surface area contributed by atoms with Crippen LogP contribution in [-0.2, 0) is 4.79 Å². The minimum Gasteiger partial charge on any atom is -0.494 e. The van der Waals surface area contributed by atoms with Gasteiger partial charge in [-0.15, -0.1) is 0 Å². The molecule has 0 saturated heterocycles. The Bertz CT molecular complexity index is 892. The summed E-state index contributed by atoms with van der Waals surface area (Å²) in [5.74, 6) is 0.667. The van der Waals surface area contributed by atoms with Gasteiger partial charge < -0.3 is 10.1 Å². The highest BCUT2D eigenvalue weighted by molar-refractivity contribution is 6.03. The van der Waals surface area contributed by atoms with Crippen LogP contribution in [0.4, 0.5) is 5.69 Å². The first kappa shape index (κ1) is 17.7. The third-order valence-electron chi connectivity index (χ3n) is 4.13. The lowest BCUT2D eigenvalue weighted by atomic mass is 10.0. The molecule has 0 spiro atoms. The van der Waals surface area contributed by atoms with Crippen LogP contribution in [0.1, 0.15) is 25.3 Å². The number of ether oxygens (including phenoxy) is 1. The average Bonchev–Trinajstić information content (AvgIpc) is 2.68. The second kappa shape index (κ2) is 8.86.